The minimum absolute atomic E-state index is 1.32. The van der Waals surface area contributed by atoms with Crippen LogP contribution in [0.2, 0.25) is 0 Å². The molecule has 3 N–H and O–H groups in total. The quantitative estimate of drug-likeness (QED) is 0.489. The summed E-state index contributed by atoms with van der Waals surface area (Å²) in [4.78, 5) is 21.6. The Morgan fingerprint density at radius 3 is 1.18 bits per heavy atom. The van der Waals surface area contributed by atoms with Gasteiger partial charge < -0.3 is 19.2 Å². The van der Waals surface area contributed by atoms with Crippen LogP contribution >= 0.6 is 7.82 Å². The number of hydrogen-bond acceptors (Lipinski definition) is 1. The highest BCUT2D eigenvalue weighted by Crippen LogP contribution is 2.25. The van der Waals surface area contributed by atoms with Crippen molar-refractivity contribution in [1.82, 2.24) is 0 Å². The lowest BCUT2D eigenvalue weighted by Crippen LogP contribution is -2.49. The molecular formula is C11H29NO4P+. The molecule has 5 nitrogen and oxygen atoms in total. The molecule has 0 spiro atoms. The molecule has 6 heteroatoms. The molecule has 0 saturated heterocycles. The van der Waals surface area contributed by atoms with E-state index in [9.17, 15) is 0 Å². The van der Waals surface area contributed by atoms with Gasteiger partial charge in [-0.2, -0.15) is 0 Å². The third-order valence-electron chi connectivity index (χ3n) is 2.76. The van der Waals surface area contributed by atoms with E-state index in [1.165, 1.54) is 49.9 Å². The first-order chi connectivity index (χ1) is 7.74. The second-order valence-electron chi connectivity index (χ2n) is 4.34. The van der Waals surface area contributed by atoms with Crippen LogP contribution in [0.15, 0.2) is 0 Å². The summed E-state index contributed by atoms with van der Waals surface area (Å²) in [5.41, 5.74) is 0. The maximum Gasteiger partial charge on any atom is 0.466 e. The largest absolute Gasteiger partial charge is 0.466 e. The molecule has 0 fully saturated rings. The monoisotopic (exact) mass is 270 g/mol. The number of quaternary nitrogens is 1. The maximum atomic E-state index is 8.88. The molecule has 0 aliphatic rings. The van der Waals surface area contributed by atoms with Crippen LogP contribution in [0.25, 0.3) is 0 Å². The van der Waals surface area contributed by atoms with Crippen LogP contribution in [0.1, 0.15) is 47.0 Å². The zero-order valence-corrected chi connectivity index (χ0v) is 12.5. The third kappa shape index (κ3) is 14.0. The predicted octanol–water partition coefficient (Wildman–Crippen LogP) is 2.12. The first-order valence-corrected chi connectivity index (χ1v) is 7.94. The van der Waals surface area contributed by atoms with Gasteiger partial charge in [-0.3, -0.25) is 0 Å². The maximum absolute atomic E-state index is 8.88. The topological polar surface area (TPSA) is 77.8 Å². The summed E-state index contributed by atoms with van der Waals surface area (Å²) in [7, 11) is -4.64. The van der Waals surface area contributed by atoms with Crippen LogP contribution in [0.5, 0.6) is 0 Å². The molecule has 0 bridgehead atoms. The van der Waals surface area contributed by atoms with E-state index in [1.807, 2.05) is 0 Å². The van der Waals surface area contributed by atoms with Gasteiger partial charge in [0.05, 0.1) is 26.2 Å². The molecule has 0 aromatic carbocycles. The van der Waals surface area contributed by atoms with Crippen LogP contribution in [0.3, 0.4) is 0 Å². The first kappa shape index (κ1) is 19.4. The van der Waals surface area contributed by atoms with Gasteiger partial charge >= 0.3 is 7.82 Å². The van der Waals surface area contributed by atoms with Gasteiger partial charge in [0.2, 0.25) is 0 Å². The van der Waals surface area contributed by atoms with E-state index >= 15 is 0 Å². The SMILES string of the molecule is CCC[N+](CC)(CCC)CCC.O=P(O)(O)O. The molecule has 17 heavy (non-hydrogen) atoms. The van der Waals surface area contributed by atoms with Crippen molar-refractivity contribution in [3.05, 3.63) is 0 Å². The Labute approximate surface area is 105 Å². The van der Waals surface area contributed by atoms with Gasteiger partial charge in [-0.15, -0.1) is 0 Å². The fourth-order valence-electron chi connectivity index (χ4n) is 2.23. The zero-order chi connectivity index (χ0) is 13.9. The van der Waals surface area contributed by atoms with E-state index in [4.69, 9.17) is 19.2 Å². The molecule has 0 saturated carbocycles. The van der Waals surface area contributed by atoms with E-state index in [2.05, 4.69) is 27.7 Å². The van der Waals surface area contributed by atoms with Crippen molar-refractivity contribution in [2.75, 3.05) is 26.2 Å². The van der Waals surface area contributed by atoms with Gasteiger partial charge in [0, 0.05) is 0 Å². The average molecular weight is 270 g/mol. The minimum atomic E-state index is -4.64. The number of phosphoric acid groups is 1. The van der Waals surface area contributed by atoms with Gasteiger partial charge in [-0.25, -0.2) is 4.57 Å². The Morgan fingerprint density at radius 2 is 1.06 bits per heavy atom. The molecule has 0 aliphatic carbocycles. The third-order valence-corrected chi connectivity index (χ3v) is 2.76. The lowest BCUT2D eigenvalue weighted by atomic mass is 10.2. The number of nitrogens with zero attached hydrogens (tertiary/aromatic N) is 1. The summed E-state index contributed by atoms with van der Waals surface area (Å²) in [6.45, 7) is 14.7. The van der Waals surface area contributed by atoms with Gasteiger partial charge in [0.25, 0.3) is 0 Å². The Hall–Kier alpha value is 0.0700. The molecule has 0 unspecified atom stereocenters. The minimum Gasteiger partial charge on any atom is -0.324 e. The van der Waals surface area contributed by atoms with Crippen molar-refractivity contribution in [2.45, 2.75) is 47.0 Å². The van der Waals surface area contributed by atoms with Gasteiger partial charge in [-0.05, 0) is 26.2 Å². The summed E-state index contributed by atoms with van der Waals surface area (Å²) in [6, 6.07) is 0. The van der Waals surface area contributed by atoms with Crippen molar-refractivity contribution in [3.8, 4) is 0 Å². The van der Waals surface area contributed by atoms with Crippen LogP contribution in [0.4, 0.5) is 0 Å². The van der Waals surface area contributed by atoms with Crippen LogP contribution in [0, 0.1) is 0 Å². The first-order valence-electron chi connectivity index (χ1n) is 6.38. The van der Waals surface area contributed by atoms with Crippen molar-refractivity contribution in [2.24, 2.45) is 0 Å². The fourth-order valence-corrected chi connectivity index (χ4v) is 2.23. The lowest BCUT2D eigenvalue weighted by molar-refractivity contribution is -0.926. The second kappa shape index (κ2) is 10.0. The molecule has 0 aliphatic heterocycles. The van der Waals surface area contributed by atoms with Crippen molar-refractivity contribution < 1.29 is 23.7 Å². The van der Waals surface area contributed by atoms with E-state index in [1.54, 1.807) is 0 Å². The Morgan fingerprint density at radius 1 is 0.824 bits per heavy atom. The van der Waals surface area contributed by atoms with E-state index in [0.29, 0.717) is 0 Å². The highest BCUT2D eigenvalue weighted by atomic mass is 31.2. The normalized spacial score (nSPS) is 11.9. The number of hydrogen-bond donors (Lipinski definition) is 3. The average Bonchev–Trinajstić information content (AvgIpc) is 2.16. The lowest BCUT2D eigenvalue weighted by Gasteiger charge is -2.37. The molecule has 0 atom stereocenters. The number of rotatable bonds is 7. The van der Waals surface area contributed by atoms with Crippen LogP contribution in [-0.4, -0.2) is 45.3 Å². The van der Waals surface area contributed by atoms with E-state index in [-0.39, 0.29) is 0 Å². The van der Waals surface area contributed by atoms with Gasteiger partial charge in [0.1, 0.15) is 0 Å². The van der Waals surface area contributed by atoms with Gasteiger partial charge in [-0.1, -0.05) is 20.8 Å². The van der Waals surface area contributed by atoms with Crippen LogP contribution in [-0.2, 0) is 4.57 Å². The standard InChI is InChI=1S/C11H26N.H3O4P/c1-5-9-12(8-4,10-6-2)11-7-3;1-5(2,3)4/h5-11H2,1-4H3;(H3,1,2,3,4)/q+1;. The van der Waals surface area contributed by atoms with Crippen molar-refractivity contribution >= 4 is 7.82 Å². The molecule has 0 heterocycles. The van der Waals surface area contributed by atoms with E-state index < -0.39 is 7.82 Å². The fraction of sp³-hybridized carbons (Fsp3) is 1.00. The molecule has 106 valence electrons. The molecule has 0 aromatic rings. The molecular weight excluding hydrogens is 241 g/mol. The Bertz CT molecular complexity index is 192. The Balaban J connectivity index is 0. The summed E-state index contributed by atoms with van der Waals surface area (Å²) in [5, 5.41) is 0. The summed E-state index contributed by atoms with van der Waals surface area (Å²) in [5.74, 6) is 0. The zero-order valence-electron chi connectivity index (χ0n) is 11.6. The summed E-state index contributed by atoms with van der Waals surface area (Å²) < 4.78 is 10.2. The second-order valence-corrected chi connectivity index (χ2v) is 5.37. The summed E-state index contributed by atoms with van der Waals surface area (Å²) >= 11 is 0. The van der Waals surface area contributed by atoms with Crippen molar-refractivity contribution in [1.29, 1.82) is 0 Å². The molecule has 0 aromatic heterocycles. The highest BCUT2D eigenvalue weighted by molar-refractivity contribution is 7.45. The molecule has 0 rings (SSSR count). The van der Waals surface area contributed by atoms with Gasteiger partial charge in [0.15, 0.2) is 0 Å². The smallest absolute Gasteiger partial charge is 0.324 e. The van der Waals surface area contributed by atoms with Crippen molar-refractivity contribution in [3.63, 3.8) is 0 Å². The molecule has 0 radical (unpaired) electrons. The molecule has 0 amide bonds. The summed E-state index contributed by atoms with van der Waals surface area (Å²) in [6.07, 6.45) is 3.98. The van der Waals surface area contributed by atoms with Crippen LogP contribution < -0.4 is 0 Å². The Kier molecular flexibility index (Phi) is 11.5. The highest BCUT2D eigenvalue weighted by Gasteiger charge is 2.21. The predicted molar refractivity (Wildman–Crippen MR) is 70.5 cm³/mol. The van der Waals surface area contributed by atoms with E-state index in [0.717, 1.165) is 0 Å².